The molecule has 1 atom stereocenters. The number of ether oxygens (including phenoxy) is 1. The van der Waals surface area contributed by atoms with Gasteiger partial charge in [-0.3, -0.25) is 15.1 Å². The summed E-state index contributed by atoms with van der Waals surface area (Å²) in [5.74, 6) is -0.509. The summed E-state index contributed by atoms with van der Waals surface area (Å²) in [7, 11) is 1.58. The minimum Gasteiger partial charge on any atom is -0.441 e. The van der Waals surface area contributed by atoms with Gasteiger partial charge in [0.05, 0.1) is 23.1 Å². The Balaban J connectivity index is 1.24. The highest BCUT2D eigenvalue weighted by atomic mass is 35.5. The maximum Gasteiger partial charge on any atom is 0.413 e. The molecule has 0 aliphatic carbocycles. The maximum atomic E-state index is 14.1. The highest BCUT2D eigenvalue weighted by Crippen LogP contribution is 2.26. The van der Waals surface area contributed by atoms with Crippen LogP contribution in [-0.2, 0) is 11.8 Å². The Bertz CT molecular complexity index is 1760. The molecule has 12 nitrogen and oxygen atoms in total. The van der Waals surface area contributed by atoms with Gasteiger partial charge in [0.1, 0.15) is 6.10 Å². The van der Waals surface area contributed by atoms with Gasteiger partial charge in [-0.2, -0.15) is 4.39 Å². The first kappa shape index (κ1) is 28.2. The summed E-state index contributed by atoms with van der Waals surface area (Å²) >= 11 is 6.03. The minimum absolute atomic E-state index is 0.149. The SMILES string of the molecule is Cc1cnc(F)c([C@@H](C)OC(=O)Nc2c(-c3ccc(NC(=O)c4cnc(-c5cccc(Cl)c5)nc4)cn3)nnn2C)c1. The molecule has 2 N–H and O–H groups in total. The van der Waals surface area contributed by atoms with E-state index in [4.69, 9.17) is 16.3 Å². The zero-order valence-electron chi connectivity index (χ0n) is 22.5. The number of aryl methyl sites for hydroxylation is 2. The molecule has 14 heteroatoms. The first-order valence-electron chi connectivity index (χ1n) is 12.5. The van der Waals surface area contributed by atoms with Crippen LogP contribution < -0.4 is 10.6 Å². The predicted octanol–water partition coefficient (Wildman–Crippen LogP) is 5.39. The molecule has 4 aromatic heterocycles. The van der Waals surface area contributed by atoms with E-state index < -0.39 is 24.1 Å². The van der Waals surface area contributed by atoms with E-state index in [1.165, 1.54) is 36.4 Å². The topological polar surface area (TPSA) is 150 Å². The number of pyridine rings is 2. The maximum absolute atomic E-state index is 14.1. The second-order valence-corrected chi connectivity index (χ2v) is 9.60. The van der Waals surface area contributed by atoms with Crippen molar-refractivity contribution in [3.05, 3.63) is 94.9 Å². The number of hydrogen-bond donors (Lipinski definition) is 2. The first-order valence-corrected chi connectivity index (χ1v) is 12.9. The smallest absolute Gasteiger partial charge is 0.413 e. The number of halogens is 2. The summed E-state index contributed by atoms with van der Waals surface area (Å²) < 4.78 is 20.8. The number of aromatic nitrogens is 7. The number of rotatable bonds is 7. The molecule has 5 rings (SSSR count). The molecule has 4 heterocycles. The fourth-order valence-electron chi connectivity index (χ4n) is 3.91. The Kier molecular flexibility index (Phi) is 8.11. The molecule has 42 heavy (non-hydrogen) atoms. The van der Waals surface area contributed by atoms with Crippen LogP contribution in [0.2, 0.25) is 5.02 Å². The molecule has 5 aromatic rings. The number of benzene rings is 1. The summed E-state index contributed by atoms with van der Waals surface area (Å²) in [5.41, 5.74) is 2.89. The van der Waals surface area contributed by atoms with Crippen molar-refractivity contribution in [1.82, 2.24) is 34.9 Å². The average Bonchev–Trinajstić information content (AvgIpc) is 3.34. The quantitative estimate of drug-likeness (QED) is 0.239. The van der Waals surface area contributed by atoms with Crippen LogP contribution in [0.3, 0.4) is 0 Å². The van der Waals surface area contributed by atoms with Gasteiger partial charge in [0, 0.05) is 41.8 Å². The van der Waals surface area contributed by atoms with Crippen LogP contribution in [0.5, 0.6) is 0 Å². The van der Waals surface area contributed by atoms with Crippen LogP contribution in [0.15, 0.2) is 67.3 Å². The van der Waals surface area contributed by atoms with Crippen LogP contribution in [0.4, 0.5) is 20.7 Å². The van der Waals surface area contributed by atoms with E-state index in [2.05, 4.69) is 40.9 Å². The molecule has 0 saturated carbocycles. The lowest BCUT2D eigenvalue weighted by Crippen LogP contribution is -2.19. The lowest BCUT2D eigenvalue weighted by molar-refractivity contribution is 0.102. The molecule has 2 amide bonds. The number of amides is 2. The summed E-state index contributed by atoms with van der Waals surface area (Å²) in [5, 5.41) is 13.9. The van der Waals surface area contributed by atoms with E-state index in [9.17, 15) is 14.0 Å². The van der Waals surface area contributed by atoms with Gasteiger partial charge in [-0.1, -0.05) is 28.9 Å². The van der Waals surface area contributed by atoms with E-state index >= 15 is 0 Å². The largest absolute Gasteiger partial charge is 0.441 e. The molecule has 0 saturated heterocycles. The highest BCUT2D eigenvalue weighted by molar-refractivity contribution is 6.30. The van der Waals surface area contributed by atoms with Crippen molar-refractivity contribution in [3.63, 3.8) is 0 Å². The van der Waals surface area contributed by atoms with Crippen LogP contribution in [0, 0.1) is 12.9 Å². The zero-order valence-corrected chi connectivity index (χ0v) is 23.3. The van der Waals surface area contributed by atoms with E-state index in [0.29, 0.717) is 22.2 Å². The standard InChI is InChI=1S/C28H23ClFN9O3/c1-15-9-21(24(30)32-11-15)16(2)42-28(41)36-26-23(37-38-39(26)3)22-8-7-20(14-31-22)35-27(40)18-12-33-25(34-13-18)17-5-4-6-19(29)10-17/h4-14,16H,1-3H3,(H,35,40)(H,36,41)/t16-/m1/s1. The fourth-order valence-corrected chi connectivity index (χ4v) is 4.10. The van der Waals surface area contributed by atoms with Gasteiger partial charge in [0.25, 0.3) is 5.91 Å². The molecule has 0 unspecified atom stereocenters. The third-order valence-corrected chi connectivity index (χ3v) is 6.27. The van der Waals surface area contributed by atoms with Crippen molar-refractivity contribution in [2.75, 3.05) is 10.6 Å². The van der Waals surface area contributed by atoms with Gasteiger partial charge < -0.3 is 10.1 Å². The third-order valence-electron chi connectivity index (χ3n) is 6.03. The Labute approximate surface area is 244 Å². The van der Waals surface area contributed by atoms with E-state index in [-0.39, 0.29) is 22.6 Å². The molecule has 1 aromatic carbocycles. The van der Waals surface area contributed by atoms with Gasteiger partial charge >= 0.3 is 6.09 Å². The molecular formula is C28H23ClFN9O3. The molecular weight excluding hydrogens is 565 g/mol. The number of carbonyl (C=O) groups is 2. The molecule has 0 bridgehead atoms. The Morgan fingerprint density at radius 2 is 1.79 bits per heavy atom. The van der Waals surface area contributed by atoms with Gasteiger partial charge in [-0.25, -0.2) is 24.4 Å². The highest BCUT2D eigenvalue weighted by Gasteiger charge is 2.21. The molecule has 0 fully saturated rings. The van der Waals surface area contributed by atoms with Crippen molar-refractivity contribution in [3.8, 4) is 22.8 Å². The predicted molar refractivity (Wildman–Crippen MR) is 152 cm³/mol. The normalized spacial score (nSPS) is 11.5. The van der Waals surface area contributed by atoms with Crippen molar-refractivity contribution in [2.45, 2.75) is 20.0 Å². The lowest BCUT2D eigenvalue weighted by Gasteiger charge is -2.15. The van der Waals surface area contributed by atoms with Gasteiger partial charge in [-0.05, 0) is 49.7 Å². The number of nitrogens with one attached hydrogen (secondary N) is 2. The molecule has 0 radical (unpaired) electrons. The first-order chi connectivity index (χ1) is 20.2. The molecule has 0 aliphatic heterocycles. The Hall–Kier alpha value is -5.30. The molecule has 0 aliphatic rings. The van der Waals surface area contributed by atoms with Crippen molar-refractivity contribution in [1.29, 1.82) is 0 Å². The van der Waals surface area contributed by atoms with Crippen LogP contribution >= 0.6 is 11.6 Å². The molecule has 0 spiro atoms. The third kappa shape index (κ3) is 6.36. The number of hydrogen-bond acceptors (Lipinski definition) is 9. The summed E-state index contributed by atoms with van der Waals surface area (Å²) in [6, 6.07) is 11.9. The van der Waals surface area contributed by atoms with Gasteiger partial charge in [0.2, 0.25) is 5.95 Å². The van der Waals surface area contributed by atoms with Crippen LogP contribution in [0.25, 0.3) is 22.8 Å². The number of anilines is 2. The van der Waals surface area contributed by atoms with Crippen LogP contribution in [-0.4, -0.2) is 46.9 Å². The Morgan fingerprint density at radius 3 is 2.50 bits per heavy atom. The molecule has 212 valence electrons. The van der Waals surface area contributed by atoms with Gasteiger partial charge in [-0.15, -0.1) is 5.10 Å². The summed E-state index contributed by atoms with van der Waals surface area (Å²) in [4.78, 5) is 41.9. The number of carbonyl (C=O) groups excluding carboxylic acids is 2. The number of nitrogens with zero attached hydrogens (tertiary/aromatic N) is 7. The average molecular weight is 588 g/mol. The van der Waals surface area contributed by atoms with E-state index in [0.717, 1.165) is 11.1 Å². The second kappa shape index (κ2) is 12.1. The zero-order chi connectivity index (χ0) is 29.8. The van der Waals surface area contributed by atoms with Gasteiger partial charge in [0.15, 0.2) is 17.3 Å². The van der Waals surface area contributed by atoms with E-state index in [1.54, 1.807) is 50.4 Å². The summed E-state index contributed by atoms with van der Waals surface area (Å²) in [6.45, 7) is 3.30. The van der Waals surface area contributed by atoms with Crippen molar-refractivity contribution < 1.29 is 18.7 Å². The van der Waals surface area contributed by atoms with Crippen LogP contribution in [0.1, 0.15) is 34.5 Å². The van der Waals surface area contributed by atoms with E-state index in [1.807, 2.05) is 6.07 Å². The Morgan fingerprint density at radius 1 is 1.00 bits per heavy atom. The fraction of sp³-hybridized carbons (Fsp3) is 0.143. The second-order valence-electron chi connectivity index (χ2n) is 9.17. The van der Waals surface area contributed by atoms with Crippen molar-refractivity contribution >= 4 is 35.1 Å². The monoisotopic (exact) mass is 587 g/mol. The lowest BCUT2D eigenvalue weighted by atomic mass is 10.1. The summed E-state index contributed by atoms with van der Waals surface area (Å²) in [6.07, 6.45) is 3.91. The minimum atomic E-state index is -0.901. The van der Waals surface area contributed by atoms with Crippen molar-refractivity contribution in [2.24, 2.45) is 7.05 Å².